The van der Waals surface area contributed by atoms with E-state index in [0.717, 1.165) is 23.3 Å². The Kier molecular flexibility index (Phi) is 6.62. The number of ether oxygens (including phenoxy) is 1. The molecule has 3 rings (SSSR count). The Hall–Kier alpha value is -1.87. The van der Waals surface area contributed by atoms with Crippen molar-refractivity contribution in [2.45, 2.75) is 85.0 Å². The van der Waals surface area contributed by atoms with Crippen LogP contribution in [0.4, 0.5) is 0 Å². The third kappa shape index (κ3) is 4.56. The minimum atomic E-state index is -0.196. The minimum Gasteiger partial charge on any atom is -0.462 e. The lowest BCUT2D eigenvalue weighted by atomic mass is 9.62. The number of benzene rings is 1. The number of fused-ring (bicyclic) bond motifs is 1. The Morgan fingerprint density at radius 1 is 1.13 bits per heavy atom. The summed E-state index contributed by atoms with van der Waals surface area (Å²) >= 11 is 1.47. The molecule has 0 saturated heterocycles. The summed E-state index contributed by atoms with van der Waals surface area (Å²) in [5, 5.41) is 1.98. The zero-order valence-corrected chi connectivity index (χ0v) is 20.5. The maximum absolute atomic E-state index is 12.1. The quantitative estimate of drug-likeness (QED) is 0.446. The number of allylic oxidation sites excluding steroid dienone is 2. The van der Waals surface area contributed by atoms with Crippen molar-refractivity contribution >= 4 is 22.9 Å². The molecular weight excluding hydrogens is 388 g/mol. The third-order valence-corrected chi connectivity index (χ3v) is 7.63. The van der Waals surface area contributed by atoms with Crippen LogP contribution in [0.25, 0.3) is 5.57 Å². The number of rotatable bonds is 6. The maximum atomic E-state index is 12.1. The van der Waals surface area contributed by atoms with Crippen molar-refractivity contribution in [3.8, 4) is 0 Å². The first-order valence-corrected chi connectivity index (χ1v) is 12.0. The molecule has 1 aromatic carbocycles. The maximum Gasteiger partial charge on any atom is 0.348 e. The number of esters is 1. The first kappa shape index (κ1) is 22.8. The van der Waals surface area contributed by atoms with Gasteiger partial charge in [0.25, 0.3) is 0 Å². The van der Waals surface area contributed by atoms with Crippen molar-refractivity contribution in [3.63, 3.8) is 0 Å². The minimum absolute atomic E-state index is 0.196. The Bertz CT molecular complexity index is 959. The van der Waals surface area contributed by atoms with E-state index in [2.05, 4.69) is 65.8 Å². The summed E-state index contributed by atoms with van der Waals surface area (Å²) < 4.78 is 5.18. The van der Waals surface area contributed by atoms with Gasteiger partial charge in [-0.1, -0.05) is 45.9 Å². The monoisotopic (exact) mass is 424 g/mol. The summed E-state index contributed by atoms with van der Waals surface area (Å²) in [7, 11) is 0. The van der Waals surface area contributed by atoms with E-state index < -0.39 is 0 Å². The third-order valence-electron chi connectivity index (χ3n) is 6.69. The molecule has 3 heteroatoms. The van der Waals surface area contributed by atoms with E-state index >= 15 is 0 Å². The van der Waals surface area contributed by atoms with Gasteiger partial charge in [-0.2, -0.15) is 0 Å². The van der Waals surface area contributed by atoms with E-state index in [9.17, 15) is 4.79 Å². The number of carbonyl (C=O) groups is 1. The number of hydrogen-bond acceptors (Lipinski definition) is 3. The van der Waals surface area contributed by atoms with Gasteiger partial charge in [0.2, 0.25) is 0 Å². The highest BCUT2D eigenvalue weighted by Crippen LogP contribution is 2.47. The molecule has 2 nitrogen and oxygen atoms in total. The van der Waals surface area contributed by atoms with Crippen molar-refractivity contribution in [2.24, 2.45) is 0 Å². The van der Waals surface area contributed by atoms with Crippen LogP contribution in [0.5, 0.6) is 0 Å². The van der Waals surface area contributed by atoms with Crippen LogP contribution >= 0.6 is 11.3 Å². The molecule has 1 heterocycles. The molecule has 0 bridgehead atoms. The highest BCUT2D eigenvalue weighted by molar-refractivity contribution is 7.12. The Morgan fingerprint density at radius 2 is 1.77 bits per heavy atom. The van der Waals surface area contributed by atoms with Gasteiger partial charge in [0.1, 0.15) is 4.88 Å². The summed E-state index contributed by atoms with van der Waals surface area (Å²) in [6.45, 7) is 16.2. The summed E-state index contributed by atoms with van der Waals surface area (Å²) in [5.41, 5.74) is 8.62. The standard InChI is InChI=1S/C27H36O2S/c1-8-29-25(28)24-20(12-15-30-24)11-9-10-18(2)21-17-23-22(16-19(21)3)26(4,5)13-14-27(23,6)7/h10,12,15-17H,8-9,11,13-14H2,1-7H3/b18-10+. The van der Waals surface area contributed by atoms with Crippen molar-refractivity contribution < 1.29 is 9.53 Å². The van der Waals surface area contributed by atoms with Crippen molar-refractivity contribution in [1.29, 1.82) is 0 Å². The number of thiophene rings is 1. The summed E-state index contributed by atoms with van der Waals surface area (Å²) in [6.07, 6.45) is 6.57. The van der Waals surface area contributed by atoms with Crippen molar-refractivity contribution in [1.82, 2.24) is 0 Å². The van der Waals surface area contributed by atoms with E-state index in [-0.39, 0.29) is 16.8 Å². The SMILES string of the molecule is CCOC(=O)c1sccc1CC/C=C(\C)c1cc2c(cc1C)C(C)(C)CCC2(C)C. The van der Waals surface area contributed by atoms with Gasteiger partial charge in [-0.3, -0.25) is 0 Å². The second kappa shape index (κ2) is 8.70. The summed E-state index contributed by atoms with van der Waals surface area (Å²) in [4.78, 5) is 12.9. The molecule has 162 valence electrons. The average molecular weight is 425 g/mol. The van der Waals surface area contributed by atoms with E-state index in [1.165, 1.54) is 52.0 Å². The zero-order chi connectivity index (χ0) is 22.1. The van der Waals surface area contributed by atoms with Crippen molar-refractivity contribution in [2.75, 3.05) is 6.61 Å². The molecule has 2 aromatic rings. The first-order valence-electron chi connectivity index (χ1n) is 11.1. The molecule has 0 amide bonds. The molecular formula is C27H36O2S. The molecule has 1 aliphatic rings. The highest BCUT2D eigenvalue weighted by Gasteiger charge is 2.37. The van der Waals surface area contributed by atoms with Gasteiger partial charge in [0.05, 0.1) is 6.61 Å². The number of carbonyl (C=O) groups excluding carboxylic acids is 1. The average Bonchev–Trinajstić information content (AvgIpc) is 3.14. The van der Waals surface area contributed by atoms with Crippen LogP contribution in [0.15, 0.2) is 29.7 Å². The molecule has 0 radical (unpaired) electrons. The van der Waals surface area contributed by atoms with Crippen LogP contribution in [0.1, 0.15) is 98.3 Å². The van der Waals surface area contributed by atoms with Crippen LogP contribution in [0, 0.1) is 6.92 Å². The van der Waals surface area contributed by atoms with Gasteiger partial charge in [-0.25, -0.2) is 4.79 Å². The van der Waals surface area contributed by atoms with Gasteiger partial charge in [0, 0.05) is 0 Å². The predicted molar refractivity (Wildman–Crippen MR) is 129 cm³/mol. The zero-order valence-electron chi connectivity index (χ0n) is 19.6. The highest BCUT2D eigenvalue weighted by atomic mass is 32.1. The Balaban J connectivity index is 1.83. The molecule has 1 aromatic heterocycles. The molecule has 0 N–H and O–H groups in total. The fourth-order valence-corrected chi connectivity index (χ4v) is 5.45. The van der Waals surface area contributed by atoms with Gasteiger partial charge >= 0.3 is 5.97 Å². The van der Waals surface area contributed by atoms with Crippen LogP contribution in [-0.4, -0.2) is 12.6 Å². The fraction of sp³-hybridized carbons (Fsp3) is 0.519. The van der Waals surface area contributed by atoms with Gasteiger partial charge in [-0.05, 0) is 102 Å². The molecule has 0 atom stereocenters. The second-order valence-corrected chi connectivity index (χ2v) is 10.8. The van der Waals surface area contributed by atoms with Crippen LogP contribution in [0.2, 0.25) is 0 Å². The molecule has 0 fully saturated rings. The van der Waals surface area contributed by atoms with Gasteiger partial charge in [0.15, 0.2) is 0 Å². The fourth-order valence-electron chi connectivity index (χ4n) is 4.61. The van der Waals surface area contributed by atoms with Crippen LogP contribution in [-0.2, 0) is 22.0 Å². The largest absolute Gasteiger partial charge is 0.462 e. The first-order chi connectivity index (χ1) is 14.1. The molecule has 0 spiro atoms. The lowest BCUT2D eigenvalue weighted by Crippen LogP contribution is -2.34. The van der Waals surface area contributed by atoms with Crippen LogP contribution < -0.4 is 0 Å². The normalized spacial score (nSPS) is 17.5. The van der Waals surface area contributed by atoms with Gasteiger partial charge in [-0.15, -0.1) is 11.3 Å². The van der Waals surface area contributed by atoms with Crippen LogP contribution in [0.3, 0.4) is 0 Å². The van der Waals surface area contributed by atoms with E-state index in [0.29, 0.717) is 6.61 Å². The molecule has 1 aliphatic carbocycles. The van der Waals surface area contributed by atoms with E-state index in [1.807, 2.05) is 12.3 Å². The second-order valence-electron chi connectivity index (χ2n) is 9.90. The number of hydrogen-bond donors (Lipinski definition) is 0. The molecule has 30 heavy (non-hydrogen) atoms. The smallest absolute Gasteiger partial charge is 0.348 e. The topological polar surface area (TPSA) is 26.3 Å². The molecule has 0 aliphatic heterocycles. The summed E-state index contributed by atoms with van der Waals surface area (Å²) in [6, 6.07) is 6.93. The van der Waals surface area contributed by atoms with Crippen molar-refractivity contribution in [3.05, 3.63) is 62.3 Å². The molecule has 0 saturated carbocycles. The van der Waals surface area contributed by atoms with E-state index in [4.69, 9.17) is 4.74 Å². The lowest BCUT2D eigenvalue weighted by Gasteiger charge is -2.42. The number of aryl methyl sites for hydroxylation is 2. The Morgan fingerprint density at radius 3 is 2.40 bits per heavy atom. The Labute approximate surface area is 186 Å². The summed E-state index contributed by atoms with van der Waals surface area (Å²) in [5.74, 6) is -0.196. The van der Waals surface area contributed by atoms with E-state index in [1.54, 1.807) is 0 Å². The van der Waals surface area contributed by atoms with Gasteiger partial charge < -0.3 is 4.74 Å². The predicted octanol–water partition coefficient (Wildman–Crippen LogP) is 7.62. The molecule has 0 unspecified atom stereocenters. The lowest BCUT2D eigenvalue weighted by molar-refractivity contribution is 0.0531.